The van der Waals surface area contributed by atoms with Crippen molar-refractivity contribution >= 4 is 23.8 Å². The zero-order valence-electron chi connectivity index (χ0n) is 29.4. The van der Waals surface area contributed by atoms with Crippen molar-refractivity contribution in [2.24, 2.45) is 50.2 Å². The van der Waals surface area contributed by atoms with Crippen molar-refractivity contribution in [3.8, 4) is 0 Å². The number of nitrogens with one attached hydrogen (secondary N) is 1. The van der Waals surface area contributed by atoms with E-state index in [1.807, 2.05) is 0 Å². The van der Waals surface area contributed by atoms with E-state index < -0.39 is 23.3 Å². The van der Waals surface area contributed by atoms with Gasteiger partial charge in [0.25, 0.3) is 0 Å². The van der Waals surface area contributed by atoms with E-state index in [9.17, 15) is 19.2 Å². The Labute approximate surface area is 275 Å². The lowest BCUT2D eigenvalue weighted by atomic mass is 9.33. The summed E-state index contributed by atoms with van der Waals surface area (Å²) in [4.78, 5) is 48.8. The standard InChI is InChI=1S/C38H59NO7/c1-33(2)18-20-38(32(45)39-22-8-9-29(40)41)21-19-36(6)24(25(38)23-33)10-11-27-35(5)16-15-28(46-31(44)13-12-30(42)43)34(3,4)26(35)14-17-37(27,36)7/h10,25-28H,8-9,11-23H2,1-7H3,(H,39,45)(H,40,41)(H,42,43)/t25?,26?,27?,28-,35-,36+,37+,38-/m0/s1. The Morgan fingerprint density at radius 1 is 0.826 bits per heavy atom. The number of amides is 1. The first-order valence-electron chi connectivity index (χ1n) is 17.9. The first-order valence-corrected chi connectivity index (χ1v) is 17.9. The first-order chi connectivity index (χ1) is 21.3. The molecule has 4 fully saturated rings. The highest BCUT2D eigenvalue weighted by atomic mass is 16.5. The van der Waals surface area contributed by atoms with Gasteiger partial charge in [0.2, 0.25) is 5.91 Å². The number of carboxylic acids is 2. The number of hydrogen-bond acceptors (Lipinski definition) is 5. The van der Waals surface area contributed by atoms with E-state index in [0.717, 1.165) is 64.2 Å². The van der Waals surface area contributed by atoms with Crippen LogP contribution in [0, 0.1) is 50.2 Å². The molecular formula is C38H59NO7. The van der Waals surface area contributed by atoms with E-state index in [1.165, 1.54) is 5.57 Å². The maximum absolute atomic E-state index is 14.1. The van der Waals surface area contributed by atoms with Gasteiger partial charge in [-0.2, -0.15) is 0 Å². The highest BCUT2D eigenvalue weighted by molar-refractivity contribution is 5.84. The number of rotatable bonds is 9. The molecule has 0 aromatic rings. The zero-order valence-corrected chi connectivity index (χ0v) is 29.4. The van der Waals surface area contributed by atoms with Crippen LogP contribution in [0.25, 0.3) is 0 Å². The number of ether oxygens (including phenoxy) is 1. The summed E-state index contributed by atoms with van der Waals surface area (Å²) in [6.07, 6.45) is 12.3. The van der Waals surface area contributed by atoms with Gasteiger partial charge in [-0.1, -0.05) is 60.1 Å². The van der Waals surface area contributed by atoms with Crippen molar-refractivity contribution < 1.29 is 34.1 Å². The molecule has 5 aliphatic rings. The van der Waals surface area contributed by atoms with E-state index in [4.69, 9.17) is 14.9 Å². The lowest BCUT2D eigenvalue weighted by Gasteiger charge is -2.71. The molecule has 5 rings (SSSR count). The smallest absolute Gasteiger partial charge is 0.306 e. The van der Waals surface area contributed by atoms with Crippen LogP contribution < -0.4 is 5.32 Å². The number of aliphatic carboxylic acids is 2. The Morgan fingerprint density at radius 2 is 1.50 bits per heavy atom. The average molecular weight is 642 g/mol. The third-order valence-electron chi connectivity index (χ3n) is 14.7. The summed E-state index contributed by atoms with van der Waals surface area (Å²) in [6.45, 7) is 17.2. The molecule has 8 atom stereocenters. The van der Waals surface area contributed by atoms with Crippen molar-refractivity contribution in [1.82, 2.24) is 5.32 Å². The Hall–Kier alpha value is -2.38. The maximum atomic E-state index is 14.1. The fourth-order valence-corrected chi connectivity index (χ4v) is 11.9. The highest BCUT2D eigenvalue weighted by Crippen LogP contribution is 2.75. The second-order valence-electron chi connectivity index (χ2n) is 17.9. The molecule has 3 unspecified atom stereocenters. The lowest BCUT2D eigenvalue weighted by Crippen LogP contribution is -2.65. The minimum atomic E-state index is -0.981. The molecule has 0 aromatic carbocycles. The van der Waals surface area contributed by atoms with Gasteiger partial charge in [-0.15, -0.1) is 0 Å². The summed E-state index contributed by atoms with van der Waals surface area (Å²) in [5, 5.41) is 21.3. The van der Waals surface area contributed by atoms with Gasteiger partial charge in [0.05, 0.1) is 18.3 Å². The number of allylic oxidation sites excluding steroid dienone is 2. The Bertz CT molecular complexity index is 1290. The van der Waals surface area contributed by atoms with Crippen molar-refractivity contribution in [2.45, 2.75) is 144 Å². The van der Waals surface area contributed by atoms with Gasteiger partial charge in [-0.25, -0.2) is 0 Å². The van der Waals surface area contributed by atoms with Crippen molar-refractivity contribution in [1.29, 1.82) is 0 Å². The average Bonchev–Trinajstić information content (AvgIpc) is 2.95. The molecule has 8 heteroatoms. The van der Waals surface area contributed by atoms with Gasteiger partial charge in [0, 0.05) is 18.4 Å². The molecule has 1 amide bonds. The molecule has 0 saturated heterocycles. The van der Waals surface area contributed by atoms with Crippen molar-refractivity contribution in [3.63, 3.8) is 0 Å². The first kappa shape index (κ1) is 34.9. The fourth-order valence-electron chi connectivity index (χ4n) is 11.9. The number of hydrogen-bond donors (Lipinski definition) is 3. The molecule has 4 saturated carbocycles. The van der Waals surface area contributed by atoms with Gasteiger partial charge in [0.15, 0.2) is 0 Å². The quantitative estimate of drug-likeness (QED) is 0.135. The van der Waals surface area contributed by atoms with Crippen LogP contribution >= 0.6 is 0 Å². The van der Waals surface area contributed by atoms with Crippen LogP contribution in [-0.4, -0.2) is 46.7 Å². The largest absolute Gasteiger partial charge is 0.481 e. The summed E-state index contributed by atoms with van der Waals surface area (Å²) in [7, 11) is 0. The van der Waals surface area contributed by atoms with Crippen LogP contribution in [0.5, 0.6) is 0 Å². The van der Waals surface area contributed by atoms with Gasteiger partial charge >= 0.3 is 17.9 Å². The van der Waals surface area contributed by atoms with Gasteiger partial charge in [-0.3, -0.25) is 19.2 Å². The highest BCUT2D eigenvalue weighted by Gasteiger charge is 2.69. The predicted octanol–water partition coefficient (Wildman–Crippen LogP) is 7.55. The van der Waals surface area contributed by atoms with Crippen LogP contribution in [0.15, 0.2) is 11.6 Å². The summed E-state index contributed by atoms with van der Waals surface area (Å²) < 4.78 is 6.00. The summed E-state index contributed by atoms with van der Waals surface area (Å²) in [5.41, 5.74) is 1.16. The molecule has 258 valence electrons. The molecule has 0 radical (unpaired) electrons. The van der Waals surface area contributed by atoms with Gasteiger partial charge < -0.3 is 20.3 Å². The van der Waals surface area contributed by atoms with Crippen LogP contribution in [0.4, 0.5) is 0 Å². The van der Waals surface area contributed by atoms with Gasteiger partial charge in [0.1, 0.15) is 6.10 Å². The monoisotopic (exact) mass is 641 g/mol. The third-order valence-corrected chi connectivity index (χ3v) is 14.7. The van der Waals surface area contributed by atoms with E-state index in [2.05, 4.69) is 59.9 Å². The molecular weight excluding hydrogens is 582 g/mol. The van der Waals surface area contributed by atoms with Crippen molar-refractivity contribution in [3.05, 3.63) is 11.6 Å². The van der Waals surface area contributed by atoms with Crippen LogP contribution in [0.3, 0.4) is 0 Å². The Morgan fingerprint density at radius 3 is 2.17 bits per heavy atom. The molecule has 0 aromatic heterocycles. The Balaban J connectivity index is 1.42. The fraction of sp³-hybridized carbons (Fsp3) is 0.842. The number of fused-ring (bicyclic) bond motifs is 7. The number of carbonyl (C=O) groups excluding carboxylic acids is 2. The zero-order chi connectivity index (χ0) is 33.9. The van der Waals surface area contributed by atoms with Gasteiger partial charge in [-0.05, 0) is 110 Å². The molecule has 0 heterocycles. The minimum Gasteiger partial charge on any atom is -0.481 e. The minimum absolute atomic E-state index is 0.0145. The Kier molecular flexibility index (Phi) is 9.07. The lowest BCUT2D eigenvalue weighted by molar-refractivity contribution is -0.213. The predicted molar refractivity (Wildman–Crippen MR) is 176 cm³/mol. The van der Waals surface area contributed by atoms with Crippen LogP contribution in [0.2, 0.25) is 0 Å². The van der Waals surface area contributed by atoms with E-state index in [0.29, 0.717) is 24.8 Å². The third kappa shape index (κ3) is 5.61. The summed E-state index contributed by atoms with van der Waals surface area (Å²) >= 11 is 0. The second kappa shape index (κ2) is 11.9. The molecule has 8 nitrogen and oxygen atoms in total. The number of carboxylic acid groups (broad SMARTS) is 2. The molecule has 5 aliphatic carbocycles. The molecule has 46 heavy (non-hydrogen) atoms. The van der Waals surface area contributed by atoms with E-state index in [-0.39, 0.29) is 64.3 Å². The number of carbonyl (C=O) groups is 4. The second-order valence-corrected chi connectivity index (χ2v) is 17.9. The summed E-state index contributed by atoms with van der Waals surface area (Å²) in [5.74, 6) is -1.04. The van der Waals surface area contributed by atoms with Crippen LogP contribution in [0.1, 0.15) is 138 Å². The van der Waals surface area contributed by atoms with Crippen LogP contribution in [-0.2, 0) is 23.9 Å². The summed E-state index contributed by atoms with van der Waals surface area (Å²) in [6, 6.07) is 0. The SMILES string of the molecule is CC1(C)CC[C@]2(C(=O)NCCCC(=O)O)CC[C@]3(C)C(=CCC4[C@@]5(C)CC[C@H](OC(=O)CCC(=O)O)C(C)(C)C5CC[C@]43C)C2C1. The molecule has 3 N–H and O–H groups in total. The topological polar surface area (TPSA) is 130 Å². The molecule has 0 bridgehead atoms. The van der Waals surface area contributed by atoms with E-state index >= 15 is 0 Å². The normalized spacial score (nSPS) is 40.5. The molecule has 0 spiro atoms. The number of esters is 1. The molecule has 0 aliphatic heterocycles. The maximum Gasteiger partial charge on any atom is 0.306 e. The van der Waals surface area contributed by atoms with E-state index in [1.54, 1.807) is 0 Å². The van der Waals surface area contributed by atoms with Crippen molar-refractivity contribution in [2.75, 3.05) is 6.54 Å².